The summed E-state index contributed by atoms with van der Waals surface area (Å²) < 4.78 is 27.3. The predicted octanol–water partition coefficient (Wildman–Crippen LogP) is 3.42. The SMILES string of the molecule is O=C(NCc1ccccc1)c1ccc(S(=O)(=O)Nc2ccccc2)cc1. The molecule has 3 aromatic carbocycles. The van der Waals surface area contributed by atoms with Crippen molar-refractivity contribution < 1.29 is 13.2 Å². The standard InChI is InChI=1S/C20H18N2O3S/c23-20(21-15-16-7-3-1-4-8-16)17-11-13-19(14-12-17)26(24,25)22-18-9-5-2-6-10-18/h1-14,22H,15H2,(H,21,23). The first-order valence-corrected chi connectivity index (χ1v) is 9.53. The van der Waals surface area contributed by atoms with Crippen molar-refractivity contribution in [2.75, 3.05) is 4.72 Å². The van der Waals surface area contributed by atoms with Crippen LogP contribution in [0.1, 0.15) is 15.9 Å². The molecular weight excluding hydrogens is 348 g/mol. The molecule has 0 unspecified atom stereocenters. The van der Waals surface area contributed by atoms with Crippen LogP contribution in [0, 0.1) is 0 Å². The number of para-hydroxylation sites is 1. The minimum Gasteiger partial charge on any atom is -0.348 e. The molecular formula is C20H18N2O3S. The topological polar surface area (TPSA) is 75.3 Å². The van der Waals surface area contributed by atoms with E-state index in [1.54, 1.807) is 30.3 Å². The van der Waals surface area contributed by atoms with Gasteiger partial charge in [-0.15, -0.1) is 0 Å². The fourth-order valence-corrected chi connectivity index (χ4v) is 3.44. The molecule has 5 nitrogen and oxygen atoms in total. The summed E-state index contributed by atoms with van der Waals surface area (Å²) >= 11 is 0. The number of amides is 1. The molecule has 0 radical (unpaired) electrons. The summed E-state index contributed by atoms with van der Waals surface area (Å²) in [4.78, 5) is 12.3. The molecule has 0 saturated carbocycles. The molecule has 3 rings (SSSR count). The molecule has 0 saturated heterocycles. The lowest BCUT2D eigenvalue weighted by Crippen LogP contribution is -2.22. The van der Waals surface area contributed by atoms with Crippen molar-refractivity contribution in [2.45, 2.75) is 11.4 Å². The van der Waals surface area contributed by atoms with Crippen LogP contribution in [0.2, 0.25) is 0 Å². The van der Waals surface area contributed by atoms with Crippen LogP contribution in [0.3, 0.4) is 0 Å². The van der Waals surface area contributed by atoms with Gasteiger partial charge >= 0.3 is 0 Å². The van der Waals surface area contributed by atoms with E-state index >= 15 is 0 Å². The van der Waals surface area contributed by atoms with Gasteiger partial charge in [-0.3, -0.25) is 9.52 Å². The third-order valence-electron chi connectivity index (χ3n) is 3.75. The van der Waals surface area contributed by atoms with Gasteiger partial charge < -0.3 is 5.32 Å². The van der Waals surface area contributed by atoms with Gasteiger partial charge in [-0.1, -0.05) is 48.5 Å². The molecule has 0 atom stereocenters. The second-order valence-corrected chi connectivity index (χ2v) is 7.35. The van der Waals surface area contributed by atoms with Gasteiger partial charge in [0.1, 0.15) is 0 Å². The lowest BCUT2D eigenvalue weighted by Gasteiger charge is -2.09. The van der Waals surface area contributed by atoms with Crippen LogP contribution >= 0.6 is 0 Å². The number of carbonyl (C=O) groups is 1. The Hall–Kier alpha value is -3.12. The highest BCUT2D eigenvalue weighted by atomic mass is 32.2. The molecule has 3 aromatic rings. The molecule has 0 bridgehead atoms. The van der Waals surface area contributed by atoms with Crippen molar-refractivity contribution >= 4 is 21.6 Å². The van der Waals surface area contributed by atoms with Gasteiger partial charge in [-0.25, -0.2) is 8.42 Å². The summed E-state index contributed by atoms with van der Waals surface area (Å²) in [5.74, 6) is -0.256. The Kier molecular flexibility index (Phi) is 5.34. The molecule has 0 aliphatic rings. The number of sulfonamides is 1. The van der Waals surface area contributed by atoms with Gasteiger partial charge in [0.25, 0.3) is 15.9 Å². The van der Waals surface area contributed by atoms with Crippen molar-refractivity contribution in [1.82, 2.24) is 5.32 Å². The van der Waals surface area contributed by atoms with Crippen LogP contribution < -0.4 is 10.0 Å². The van der Waals surface area contributed by atoms with Gasteiger partial charge in [0.15, 0.2) is 0 Å². The zero-order chi connectivity index (χ0) is 18.4. The number of benzene rings is 3. The Morgan fingerprint density at radius 2 is 1.35 bits per heavy atom. The van der Waals surface area contributed by atoms with Crippen molar-refractivity contribution in [2.24, 2.45) is 0 Å². The maximum Gasteiger partial charge on any atom is 0.261 e. The Balaban J connectivity index is 1.66. The maximum absolute atomic E-state index is 12.4. The van der Waals surface area contributed by atoms with Crippen LogP contribution in [0.4, 0.5) is 5.69 Å². The van der Waals surface area contributed by atoms with Crippen LogP contribution in [0.5, 0.6) is 0 Å². The Morgan fingerprint density at radius 1 is 0.769 bits per heavy atom. The fourth-order valence-electron chi connectivity index (χ4n) is 2.39. The summed E-state index contributed by atoms with van der Waals surface area (Å²) in [5, 5.41) is 2.81. The van der Waals surface area contributed by atoms with E-state index in [0.29, 0.717) is 17.8 Å². The zero-order valence-electron chi connectivity index (χ0n) is 13.9. The molecule has 0 spiro atoms. The monoisotopic (exact) mass is 366 g/mol. The summed E-state index contributed by atoms with van der Waals surface area (Å²) in [6.07, 6.45) is 0. The van der Waals surface area contributed by atoms with E-state index in [1.165, 1.54) is 24.3 Å². The lowest BCUT2D eigenvalue weighted by molar-refractivity contribution is 0.0951. The first-order valence-electron chi connectivity index (χ1n) is 8.05. The molecule has 2 N–H and O–H groups in total. The van der Waals surface area contributed by atoms with Crippen LogP contribution in [-0.4, -0.2) is 14.3 Å². The summed E-state index contributed by atoms with van der Waals surface area (Å²) in [6, 6.07) is 24.0. The van der Waals surface area contributed by atoms with Crippen molar-refractivity contribution in [3.05, 3.63) is 96.1 Å². The van der Waals surface area contributed by atoms with Crippen molar-refractivity contribution in [1.29, 1.82) is 0 Å². The minimum absolute atomic E-state index is 0.0981. The molecule has 0 fully saturated rings. The van der Waals surface area contributed by atoms with E-state index < -0.39 is 10.0 Å². The quantitative estimate of drug-likeness (QED) is 0.702. The average Bonchev–Trinajstić information content (AvgIpc) is 2.67. The van der Waals surface area contributed by atoms with Gasteiger partial charge in [0.05, 0.1) is 4.90 Å². The normalized spacial score (nSPS) is 10.9. The summed E-state index contributed by atoms with van der Waals surface area (Å²) in [5.41, 5.74) is 1.88. The highest BCUT2D eigenvalue weighted by molar-refractivity contribution is 7.92. The first-order chi connectivity index (χ1) is 12.5. The predicted molar refractivity (Wildman–Crippen MR) is 101 cm³/mol. The van der Waals surface area contributed by atoms with Gasteiger partial charge in [-0.05, 0) is 42.0 Å². The summed E-state index contributed by atoms with van der Waals surface area (Å²) in [6.45, 7) is 0.412. The van der Waals surface area contributed by atoms with E-state index in [9.17, 15) is 13.2 Å². The number of anilines is 1. The second kappa shape index (κ2) is 7.84. The highest BCUT2D eigenvalue weighted by Gasteiger charge is 2.15. The smallest absolute Gasteiger partial charge is 0.261 e. The largest absolute Gasteiger partial charge is 0.348 e. The minimum atomic E-state index is -3.69. The van der Waals surface area contributed by atoms with Crippen LogP contribution in [-0.2, 0) is 16.6 Å². The number of rotatable bonds is 6. The Labute approximate surface area is 152 Å². The highest BCUT2D eigenvalue weighted by Crippen LogP contribution is 2.16. The molecule has 0 aliphatic heterocycles. The second-order valence-electron chi connectivity index (χ2n) is 5.66. The molecule has 0 aromatic heterocycles. The number of hydrogen-bond acceptors (Lipinski definition) is 3. The molecule has 132 valence electrons. The Bertz CT molecular complexity index is 971. The van der Waals surface area contributed by atoms with E-state index in [2.05, 4.69) is 10.0 Å². The van der Waals surface area contributed by atoms with Crippen LogP contribution in [0.25, 0.3) is 0 Å². The summed E-state index contributed by atoms with van der Waals surface area (Å²) in [7, 11) is -3.69. The van der Waals surface area contributed by atoms with Gasteiger partial charge in [-0.2, -0.15) is 0 Å². The van der Waals surface area contributed by atoms with E-state index in [-0.39, 0.29) is 10.8 Å². The van der Waals surface area contributed by atoms with Crippen molar-refractivity contribution in [3.8, 4) is 0 Å². The maximum atomic E-state index is 12.4. The molecule has 26 heavy (non-hydrogen) atoms. The number of hydrogen-bond donors (Lipinski definition) is 2. The first kappa shape index (κ1) is 17.7. The van der Waals surface area contributed by atoms with E-state index in [0.717, 1.165) is 5.56 Å². The van der Waals surface area contributed by atoms with E-state index in [4.69, 9.17) is 0 Å². The van der Waals surface area contributed by atoms with Gasteiger partial charge in [0.2, 0.25) is 0 Å². The number of carbonyl (C=O) groups excluding carboxylic acids is 1. The van der Waals surface area contributed by atoms with E-state index in [1.807, 2.05) is 30.3 Å². The lowest BCUT2D eigenvalue weighted by atomic mass is 10.2. The number of nitrogens with one attached hydrogen (secondary N) is 2. The zero-order valence-corrected chi connectivity index (χ0v) is 14.7. The third kappa shape index (κ3) is 4.49. The molecule has 6 heteroatoms. The Morgan fingerprint density at radius 3 is 1.96 bits per heavy atom. The molecule has 0 heterocycles. The third-order valence-corrected chi connectivity index (χ3v) is 5.15. The average molecular weight is 366 g/mol. The van der Waals surface area contributed by atoms with Gasteiger partial charge in [0, 0.05) is 17.8 Å². The van der Waals surface area contributed by atoms with Crippen LogP contribution in [0.15, 0.2) is 89.8 Å². The van der Waals surface area contributed by atoms with Crippen molar-refractivity contribution in [3.63, 3.8) is 0 Å². The molecule has 0 aliphatic carbocycles. The molecule has 1 amide bonds. The fraction of sp³-hybridized carbons (Fsp3) is 0.0500.